The van der Waals surface area contributed by atoms with E-state index in [0.29, 0.717) is 18.2 Å². The number of urea groups is 1. The summed E-state index contributed by atoms with van der Waals surface area (Å²) in [5.74, 6) is 1.04. The van der Waals surface area contributed by atoms with Crippen molar-refractivity contribution in [1.82, 2.24) is 16.0 Å². The fourth-order valence-electron chi connectivity index (χ4n) is 3.29. The quantitative estimate of drug-likeness (QED) is 0.275. The standard InChI is InChI=1S/C18H22N4O2S2/c19-11-26-13-7-5-12(6-8-13)9-20-16(23)4-2-1-3-15-17-14(10-25-15)21-18(24)22-17/h5-8,14-15,17H,1-4,9-10H2,(H,20,23)(H2,21,22,24)/t14?,15-,17?/m0/s1. The number of unbranched alkanes of at least 4 members (excludes halogenated alkanes) is 1. The zero-order valence-electron chi connectivity index (χ0n) is 14.4. The van der Waals surface area contributed by atoms with Gasteiger partial charge in [-0.3, -0.25) is 4.79 Å². The van der Waals surface area contributed by atoms with Gasteiger partial charge in [0, 0.05) is 28.9 Å². The number of thiocyanates is 1. The molecule has 6 nitrogen and oxygen atoms in total. The molecule has 0 bridgehead atoms. The Morgan fingerprint density at radius 3 is 2.88 bits per heavy atom. The van der Waals surface area contributed by atoms with E-state index in [1.54, 1.807) is 0 Å². The van der Waals surface area contributed by atoms with Crippen molar-refractivity contribution in [3.05, 3.63) is 29.8 Å². The largest absolute Gasteiger partial charge is 0.352 e. The minimum atomic E-state index is -0.0519. The third kappa shape index (κ3) is 5.08. The molecule has 1 aromatic carbocycles. The molecule has 138 valence electrons. The predicted molar refractivity (Wildman–Crippen MR) is 104 cm³/mol. The molecule has 3 amide bonds. The van der Waals surface area contributed by atoms with Gasteiger partial charge in [-0.25, -0.2) is 4.79 Å². The highest BCUT2D eigenvalue weighted by atomic mass is 32.2. The molecule has 2 unspecified atom stereocenters. The lowest BCUT2D eigenvalue weighted by atomic mass is 10.0. The zero-order chi connectivity index (χ0) is 18.4. The Morgan fingerprint density at radius 1 is 1.31 bits per heavy atom. The third-order valence-electron chi connectivity index (χ3n) is 4.66. The van der Waals surface area contributed by atoms with Gasteiger partial charge in [0.2, 0.25) is 5.91 Å². The first-order chi connectivity index (χ1) is 12.7. The van der Waals surface area contributed by atoms with Crippen LogP contribution in [0.4, 0.5) is 4.79 Å². The molecule has 0 spiro atoms. The molecule has 0 aromatic heterocycles. The van der Waals surface area contributed by atoms with E-state index in [4.69, 9.17) is 5.26 Å². The number of hydrogen-bond acceptors (Lipinski definition) is 5. The van der Waals surface area contributed by atoms with Crippen LogP contribution in [0, 0.1) is 10.7 Å². The van der Waals surface area contributed by atoms with Gasteiger partial charge in [0.05, 0.1) is 12.1 Å². The number of amides is 3. The van der Waals surface area contributed by atoms with Crippen molar-refractivity contribution in [2.75, 3.05) is 5.75 Å². The summed E-state index contributed by atoms with van der Waals surface area (Å²) in [6, 6.07) is 8.08. The summed E-state index contributed by atoms with van der Waals surface area (Å²) in [7, 11) is 0. The van der Waals surface area contributed by atoms with Crippen LogP contribution in [0.5, 0.6) is 0 Å². The summed E-state index contributed by atoms with van der Waals surface area (Å²) in [5, 5.41) is 20.0. The maximum atomic E-state index is 12.0. The summed E-state index contributed by atoms with van der Waals surface area (Å²) in [6.45, 7) is 0.510. The van der Waals surface area contributed by atoms with Crippen LogP contribution in [0.1, 0.15) is 31.2 Å². The van der Waals surface area contributed by atoms with E-state index >= 15 is 0 Å². The molecular formula is C18H22N4O2S2. The molecule has 3 atom stereocenters. The van der Waals surface area contributed by atoms with E-state index in [1.807, 2.05) is 41.4 Å². The van der Waals surface area contributed by atoms with E-state index in [0.717, 1.165) is 47.2 Å². The second-order valence-electron chi connectivity index (χ2n) is 6.48. The van der Waals surface area contributed by atoms with E-state index in [9.17, 15) is 9.59 Å². The van der Waals surface area contributed by atoms with Crippen molar-refractivity contribution in [3.8, 4) is 5.40 Å². The van der Waals surface area contributed by atoms with Gasteiger partial charge in [0.1, 0.15) is 5.40 Å². The summed E-state index contributed by atoms with van der Waals surface area (Å²) in [4.78, 5) is 24.2. The molecule has 26 heavy (non-hydrogen) atoms. The minimum absolute atomic E-state index is 0.0519. The summed E-state index contributed by atoms with van der Waals surface area (Å²) in [5.41, 5.74) is 1.03. The SMILES string of the molecule is N#CSc1ccc(CNC(=O)CCCC[C@@H]2SCC3NC(=O)NC32)cc1. The highest BCUT2D eigenvalue weighted by Crippen LogP contribution is 2.33. The number of carbonyl (C=O) groups is 2. The maximum Gasteiger partial charge on any atom is 0.315 e. The van der Waals surface area contributed by atoms with Crippen molar-refractivity contribution in [2.45, 2.75) is 54.5 Å². The number of thioether (sulfide) groups is 2. The molecule has 2 aliphatic heterocycles. The van der Waals surface area contributed by atoms with E-state index in [1.165, 1.54) is 0 Å². The second kappa shape index (κ2) is 9.19. The van der Waals surface area contributed by atoms with E-state index in [2.05, 4.69) is 16.0 Å². The van der Waals surface area contributed by atoms with Gasteiger partial charge in [0.25, 0.3) is 0 Å². The van der Waals surface area contributed by atoms with Gasteiger partial charge in [-0.05, 0) is 42.3 Å². The summed E-state index contributed by atoms with van der Waals surface area (Å²) < 4.78 is 0. The molecule has 2 fully saturated rings. The number of carbonyl (C=O) groups excluding carboxylic acids is 2. The Balaban J connectivity index is 1.30. The average Bonchev–Trinajstić information content (AvgIpc) is 3.18. The number of nitrogens with zero attached hydrogens (tertiary/aromatic N) is 1. The lowest BCUT2D eigenvalue weighted by Gasteiger charge is -2.16. The van der Waals surface area contributed by atoms with Crippen LogP contribution >= 0.6 is 23.5 Å². The lowest BCUT2D eigenvalue weighted by Crippen LogP contribution is -2.36. The number of benzene rings is 1. The number of nitriles is 1. The molecule has 2 saturated heterocycles. The smallest absolute Gasteiger partial charge is 0.315 e. The van der Waals surface area contributed by atoms with Gasteiger partial charge < -0.3 is 16.0 Å². The monoisotopic (exact) mass is 390 g/mol. The molecule has 3 rings (SSSR count). The summed E-state index contributed by atoms with van der Waals surface area (Å²) >= 11 is 3.04. The lowest BCUT2D eigenvalue weighted by molar-refractivity contribution is -0.121. The Bertz CT molecular complexity index is 689. The average molecular weight is 391 g/mol. The first kappa shape index (κ1) is 18.9. The van der Waals surface area contributed by atoms with E-state index < -0.39 is 0 Å². The Kier molecular flexibility index (Phi) is 6.69. The van der Waals surface area contributed by atoms with Crippen LogP contribution in [0.2, 0.25) is 0 Å². The number of nitrogens with one attached hydrogen (secondary N) is 3. The van der Waals surface area contributed by atoms with Crippen LogP contribution in [0.15, 0.2) is 29.2 Å². The molecule has 1 aromatic rings. The molecule has 0 aliphatic carbocycles. The van der Waals surface area contributed by atoms with Crippen LogP contribution in [0.25, 0.3) is 0 Å². The molecule has 2 heterocycles. The molecule has 0 radical (unpaired) electrons. The normalized spacial score (nSPS) is 23.7. The Morgan fingerprint density at radius 2 is 2.12 bits per heavy atom. The van der Waals surface area contributed by atoms with Crippen LogP contribution < -0.4 is 16.0 Å². The summed E-state index contributed by atoms with van der Waals surface area (Å²) in [6.07, 6.45) is 3.40. The molecule has 0 saturated carbocycles. The third-order valence-corrected chi connectivity index (χ3v) is 6.76. The minimum Gasteiger partial charge on any atom is -0.352 e. The van der Waals surface area contributed by atoms with Crippen molar-refractivity contribution in [1.29, 1.82) is 5.26 Å². The van der Waals surface area contributed by atoms with Gasteiger partial charge in [-0.15, -0.1) is 0 Å². The number of hydrogen-bond donors (Lipinski definition) is 3. The Hall–Kier alpha value is -1.85. The molecule has 2 aliphatic rings. The van der Waals surface area contributed by atoms with Crippen molar-refractivity contribution in [2.24, 2.45) is 0 Å². The van der Waals surface area contributed by atoms with Gasteiger partial charge >= 0.3 is 6.03 Å². The van der Waals surface area contributed by atoms with Crippen molar-refractivity contribution in [3.63, 3.8) is 0 Å². The Labute approximate surface area is 161 Å². The number of rotatable bonds is 8. The fraction of sp³-hybridized carbons (Fsp3) is 0.500. The molecule has 3 N–H and O–H groups in total. The highest BCUT2D eigenvalue weighted by molar-refractivity contribution is 8.03. The first-order valence-corrected chi connectivity index (χ1v) is 10.6. The fourth-order valence-corrected chi connectivity index (χ4v) is 5.21. The number of fused-ring (bicyclic) bond motifs is 1. The first-order valence-electron chi connectivity index (χ1n) is 8.76. The zero-order valence-corrected chi connectivity index (χ0v) is 16.0. The molecule has 8 heteroatoms. The van der Waals surface area contributed by atoms with Crippen molar-refractivity contribution >= 4 is 35.5 Å². The van der Waals surface area contributed by atoms with Gasteiger partial charge in [0.15, 0.2) is 0 Å². The van der Waals surface area contributed by atoms with Gasteiger partial charge in [-0.2, -0.15) is 17.0 Å². The van der Waals surface area contributed by atoms with Crippen LogP contribution in [-0.2, 0) is 11.3 Å². The molecular weight excluding hydrogens is 368 g/mol. The predicted octanol–water partition coefficient (Wildman–Crippen LogP) is 2.60. The van der Waals surface area contributed by atoms with Crippen LogP contribution in [-0.4, -0.2) is 35.0 Å². The highest BCUT2D eigenvalue weighted by Gasteiger charge is 2.42. The van der Waals surface area contributed by atoms with Crippen LogP contribution in [0.3, 0.4) is 0 Å². The van der Waals surface area contributed by atoms with E-state index in [-0.39, 0.29) is 24.0 Å². The maximum absolute atomic E-state index is 12.0. The topological polar surface area (TPSA) is 94.0 Å². The van der Waals surface area contributed by atoms with Crippen molar-refractivity contribution < 1.29 is 9.59 Å². The second-order valence-corrected chi connectivity index (χ2v) is 8.61. The van der Waals surface area contributed by atoms with Gasteiger partial charge in [-0.1, -0.05) is 18.6 Å².